The van der Waals surface area contributed by atoms with Crippen LogP contribution in [0.2, 0.25) is 0 Å². The van der Waals surface area contributed by atoms with Gasteiger partial charge in [0.1, 0.15) is 0 Å². The standard InChI is InChI=1S/C26H30O2/c1-2-28-26(27)18-17-23-15-9-10-16-24(19-21-11-5-3-6-12-21)25(23)20-22-13-7-4-8-14-22/h3-8,10-14,16-17,24-25H,2,9,15,18-20H2,1H3. The van der Waals surface area contributed by atoms with Gasteiger partial charge in [-0.1, -0.05) is 84.5 Å². The number of esters is 1. The number of benzene rings is 2. The van der Waals surface area contributed by atoms with Crippen LogP contribution in [-0.2, 0) is 22.4 Å². The summed E-state index contributed by atoms with van der Waals surface area (Å²) in [4.78, 5) is 11.9. The molecule has 1 aliphatic carbocycles. The van der Waals surface area contributed by atoms with Crippen LogP contribution >= 0.6 is 0 Å². The summed E-state index contributed by atoms with van der Waals surface area (Å²) in [6, 6.07) is 21.4. The van der Waals surface area contributed by atoms with E-state index in [1.165, 1.54) is 16.7 Å². The lowest BCUT2D eigenvalue weighted by molar-refractivity contribution is -0.142. The van der Waals surface area contributed by atoms with Crippen molar-refractivity contribution in [3.63, 3.8) is 0 Å². The van der Waals surface area contributed by atoms with Crippen molar-refractivity contribution < 1.29 is 9.53 Å². The molecule has 0 aromatic heterocycles. The molecule has 0 amide bonds. The van der Waals surface area contributed by atoms with Crippen LogP contribution in [-0.4, -0.2) is 12.6 Å². The monoisotopic (exact) mass is 374 g/mol. The second-order valence-corrected chi connectivity index (χ2v) is 7.40. The first-order valence-corrected chi connectivity index (χ1v) is 10.3. The van der Waals surface area contributed by atoms with Crippen molar-refractivity contribution in [1.29, 1.82) is 0 Å². The molecule has 0 N–H and O–H groups in total. The molecule has 146 valence electrons. The number of hydrogen-bond donors (Lipinski definition) is 0. The van der Waals surface area contributed by atoms with Crippen LogP contribution in [0.1, 0.15) is 37.3 Å². The van der Waals surface area contributed by atoms with Crippen molar-refractivity contribution in [2.45, 2.75) is 39.0 Å². The Balaban J connectivity index is 1.86. The molecule has 1 aliphatic rings. The molecular weight excluding hydrogens is 344 g/mol. The van der Waals surface area contributed by atoms with E-state index in [-0.39, 0.29) is 5.97 Å². The summed E-state index contributed by atoms with van der Waals surface area (Å²) in [6.07, 6.45) is 11.3. The van der Waals surface area contributed by atoms with Gasteiger partial charge in [-0.2, -0.15) is 0 Å². The maximum atomic E-state index is 11.9. The Labute approximate surface area is 168 Å². The van der Waals surface area contributed by atoms with Crippen molar-refractivity contribution in [1.82, 2.24) is 0 Å². The molecule has 0 fully saturated rings. The predicted octanol–water partition coefficient (Wildman–Crippen LogP) is 5.93. The normalized spacial score (nSPS) is 20.7. The van der Waals surface area contributed by atoms with Crippen molar-refractivity contribution in [2.24, 2.45) is 11.8 Å². The summed E-state index contributed by atoms with van der Waals surface area (Å²) in [6.45, 7) is 2.29. The fraction of sp³-hybridized carbons (Fsp3) is 0.346. The van der Waals surface area contributed by atoms with Gasteiger partial charge in [0.2, 0.25) is 0 Å². The third kappa shape index (κ3) is 5.95. The van der Waals surface area contributed by atoms with Crippen LogP contribution in [0.3, 0.4) is 0 Å². The van der Waals surface area contributed by atoms with Crippen LogP contribution in [0.25, 0.3) is 0 Å². The number of carbonyl (C=O) groups is 1. The van der Waals surface area contributed by atoms with Gasteiger partial charge < -0.3 is 4.74 Å². The molecule has 2 unspecified atom stereocenters. The van der Waals surface area contributed by atoms with Crippen LogP contribution in [0.15, 0.2) is 84.5 Å². The molecule has 0 bridgehead atoms. The fourth-order valence-electron chi connectivity index (χ4n) is 4.05. The van der Waals surface area contributed by atoms with Crippen LogP contribution in [0.5, 0.6) is 0 Å². The van der Waals surface area contributed by atoms with E-state index in [4.69, 9.17) is 4.74 Å². The summed E-state index contributed by atoms with van der Waals surface area (Å²) in [5.74, 6) is 0.694. The summed E-state index contributed by atoms with van der Waals surface area (Å²) in [7, 11) is 0. The highest BCUT2D eigenvalue weighted by Crippen LogP contribution is 2.34. The molecule has 2 heteroatoms. The van der Waals surface area contributed by atoms with E-state index in [0.29, 0.717) is 24.9 Å². The molecule has 2 atom stereocenters. The van der Waals surface area contributed by atoms with E-state index in [1.807, 2.05) is 6.92 Å². The quantitative estimate of drug-likeness (QED) is 0.443. The van der Waals surface area contributed by atoms with Gasteiger partial charge in [0.05, 0.1) is 13.0 Å². The van der Waals surface area contributed by atoms with Crippen LogP contribution in [0.4, 0.5) is 0 Å². The first-order chi connectivity index (χ1) is 13.8. The lowest BCUT2D eigenvalue weighted by atomic mass is 9.78. The molecule has 0 spiro atoms. The average molecular weight is 375 g/mol. The smallest absolute Gasteiger partial charge is 0.309 e. The van der Waals surface area contributed by atoms with Crippen LogP contribution in [0, 0.1) is 11.8 Å². The van der Waals surface area contributed by atoms with E-state index >= 15 is 0 Å². The SMILES string of the molecule is CCOC(=O)CC=C1CCC=CC(Cc2ccccc2)C1Cc1ccccc1. The zero-order valence-electron chi connectivity index (χ0n) is 16.7. The zero-order chi connectivity index (χ0) is 19.6. The highest BCUT2D eigenvalue weighted by molar-refractivity contribution is 5.71. The number of carbonyl (C=O) groups excluding carboxylic acids is 1. The Bertz CT molecular complexity index is 790. The van der Waals surface area contributed by atoms with Gasteiger partial charge in [0, 0.05) is 0 Å². The fourth-order valence-corrected chi connectivity index (χ4v) is 4.05. The second kappa shape index (κ2) is 10.7. The van der Waals surface area contributed by atoms with Crippen molar-refractivity contribution >= 4 is 5.97 Å². The molecular formula is C26H30O2. The zero-order valence-corrected chi connectivity index (χ0v) is 16.7. The Hall–Kier alpha value is -2.61. The molecule has 0 saturated carbocycles. The number of hydrogen-bond acceptors (Lipinski definition) is 2. The van der Waals surface area contributed by atoms with E-state index in [2.05, 4.69) is 78.9 Å². The first-order valence-electron chi connectivity index (χ1n) is 10.3. The number of allylic oxidation sites excluding steroid dienone is 3. The Morgan fingerprint density at radius 3 is 2.29 bits per heavy atom. The topological polar surface area (TPSA) is 26.3 Å². The minimum absolute atomic E-state index is 0.134. The molecule has 0 saturated heterocycles. The second-order valence-electron chi connectivity index (χ2n) is 7.40. The molecule has 2 aromatic carbocycles. The number of ether oxygens (including phenoxy) is 1. The van der Waals surface area contributed by atoms with Crippen LogP contribution < -0.4 is 0 Å². The van der Waals surface area contributed by atoms with Gasteiger partial charge in [0.25, 0.3) is 0 Å². The highest BCUT2D eigenvalue weighted by Gasteiger charge is 2.25. The van der Waals surface area contributed by atoms with Crippen molar-refractivity contribution in [2.75, 3.05) is 6.61 Å². The van der Waals surface area contributed by atoms with Gasteiger partial charge >= 0.3 is 5.97 Å². The summed E-state index contributed by atoms with van der Waals surface area (Å²) >= 11 is 0. The van der Waals surface area contributed by atoms with Gasteiger partial charge in [-0.3, -0.25) is 4.79 Å². The molecule has 0 radical (unpaired) electrons. The van der Waals surface area contributed by atoms with Gasteiger partial charge in [0.15, 0.2) is 0 Å². The maximum absolute atomic E-state index is 11.9. The Morgan fingerprint density at radius 1 is 1.00 bits per heavy atom. The van der Waals surface area contributed by atoms with Crippen molar-refractivity contribution in [3.8, 4) is 0 Å². The van der Waals surface area contributed by atoms with Gasteiger partial charge in [-0.25, -0.2) is 0 Å². The molecule has 28 heavy (non-hydrogen) atoms. The lowest BCUT2D eigenvalue weighted by Gasteiger charge is -2.27. The van der Waals surface area contributed by atoms with E-state index in [1.54, 1.807) is 0 Å². The largest absolute Gasteiger partial charge is 0.466 e. The molecule has 0 heterocycles. The molecule has 2 nitrogen and oxygen atoms in total. The highest BCUT2D eigenvalue weighted by atomic mass is 16.5. The third-order valence-corrected chi connectivity index (χ3v) is 5.42. The summed E-state index contributed by atoms with van der Waals surface area (Å²) in [5.41, 5.74) is 4.10. The minimum atomic E-state index is -0.134. The predicted molar refractivity (Wildman–Crippen MR) is 115 cm³/mol. The van der Waals surface area contributed by atoms with E-state index in [0.717, 1.165) is 25.7 Å². The number of rotatable bonds is 7. The minimum Gasteiger partial charge on any atom is -0.466 e. The van der Waals surface area contributed by atoms with Gasteiger partial charge in [-0.05, 0) is 55.6 Å². The average Bonchev–Trinajstić information content (AvgIpc) is 2.90. The first kappa shape index (κ1) is 20.1. The molecule has 0 aliphatic heterocycles. The van der Waals surface area contributed by atoms with E-state index < -0.39 is 0 Å². The van der Waals surface area contributed by atoms with E-state index in [9.17, 15) is 4.79 Å². The third-order valence-electron chi connectivity index (χ3n) is 5.42. The molecule has 2 aromatic rings. The maximum Gasteiger partial charge on any atom is 0.309 e. The van der Waals surface area contributed by atoms with Gasteiger partial charge in [-0.15, -0.1) is 0 Å². The Morgan fingerprint density at radius 2 is 1.64 bits per heavy atom. The molecule has 3 rings (SSSR count). The summed E-state index contributed by atoms with van der Waals surface area (Å²) in [5, 5.41) is 0. The summed E-state index contributed by atoms with van der Waals surface area (Å²) < 4.78 is 5.14. The Kier molecular flexibility index (Phi) is 7.66. The lowest BCUT2D eigenvalue weighted by Crippen LogP contribution is -2.20. The van der Waals surface area contributed by atoms with Crippen molar-refractivity contribution in [3.05, 3.63) is 95.6 Å².